The second-order valence-corrected chi connectivity index (χ2v) is 8.47. The highest BCUT2D eigenvalue weighted by atomic mass is 35.5. The summed E-state index contributed by atoms with van der Waals surface area (Å²) in [5.41, 5.74) is 3.31. The Morgan fingerprint density at radius 3 is 2.79 bits per heavy atom. The average Bonchev–Trinajstić information content (AvgIpc) is 3.26. The molecule has 4 aromatic rings. The van der Waals surface area contributed by atoms with E-state index >= 15 is 0 Å². The first kappa shape index (κ1) is 21.2. The number of aromatic nitrogens is 4. The first-order chi connectivity index (χ1) is 15.8. The number of carbonyl (C=O) groups excluding carboxylic acids is 1. The van der Waals surface area contributed by atoms with Gasteiger partial charge in [-0.3, -0.25) is 14.6 Å². The minimum atomic E-state index is -0.689. The number of pyridine rings is 2. The minimum absolute atomic E-state index is 0.0348. The second-order valence-electron chi connectivity index (χ2n) is 8.04. The molecular weight excluding hydrogens is 445 g/mol. The zero-order valence-corrected chi connectivity index (χ0v) is 18.7. The first-order valence-corrected chi connectivity index (χ1v) is 10.9. The fourth-order valence-electron chi connectivity index (χ4n) is 4.08. The first-order valence-electron chi connectivity index (χ1n) is 10.5. The molecule has 1 aliphatic carbocycles. The van der Waals surface area contributed by atoms with Gasteiger partial charge in [-0.2, -0.15) is 5.10 Å². The van der Waals surface area contributed by atoms with Crippen LogP contribution in [0.2, 0.25) is 5.02 Å². The summed E-state index contributed by atoms with van der Waals surface area (Å²) in [6, 6.07) is 7.52. The molecule has 0 atom stereocenters. The lowest BCUT2D eigenvalue weighted by atomic mass is 10.1. The lowest BCUT2D eigenvalue weighted by molar-refractivity contribution is 0.101. The number of nitrogens with one attached hydrogen (secondary N) is 1. The Morgan fingerprint density at radius 1 is 1.18 bits per heavy atom. The van der Waals surface area contributed by atoms with Gasteiger partial charge in [0.1, 0.15) is 17.0 Å². The van der Waals surface area contributed by atoms with Crippen LogP contribution < -0.4 is 10.7 Å². The van der Waals surface area contributed by atoms with Crippen LogP contribution in [0.5, 0.6) is 0 Å². The minimum Gasteiger partial charge on any atom is -0.320 e. The average molecular weight is 464 g/mol. The SMILES string of the molecule is Cc1cc2c(nc1C)c(=O)c(C(=O)Nc1ccnc3c1CCC3)nn2-c1ccc(Cl)cc1F. The largest absolute Gasteiger partial charge is 0.320 e. The van der Waals surface area contributed by atoms with E-state index in [-0.39, 0.29) is 21.9 Å². The lowest BCUT2D eigenvalue weighted by Crippen LogP contribution is -2.28. The van der Waals surface area contributed by atoms with Crippen LogP contribution in [0.25, 0.3) is 16.7 Å². The van der Waals surface area contributed by atoms with E-state index in [0.717, 1.165) is 42.1 Å². The number of hydrogen-bond acceptors (Lipinski definition) is 5. The fourth-order valence-corrected chi connectivity index (χ4v) is 4.24. The van der Waals surface area contributed by atoms with E-state index in [9.17, 15) is 14.0 Å². The summed E-state index contributed by atoms with van der Waals surface area (Å²) in [6.45, 7) is 3.60. The van der Waals surface area contributed by atoms with E-state index in [4.69, 9.17) is 11.6 Å². The Bertz CT molecular complexity index is 1520. The van der Waals surface area contributed by atoms with Gasteiger partial charge in [-0.1, -0.05) is 11.6 Å². The topological polar surface area (TPSA) is 89.8 Å². The number of fused-ring (bicyclic) bond motifs is 2. The highest BCUT2D eigenvalue weighted by Gasteiger charge is 2.23. The van der Waals surface area contributed by atoms with Crippen molar-refractivity contribution in [3.8, 4) is 5.69 Å². The molecule has 0 unspecified atom stereocenters. The molecule has 0 saturated heterocycles. The molecule has 0 aliphatic heterocycles. The monoisotopic (exact) mass is 463 g/mol. The zero-order chi connectivity index (χ0) is 23.3. The summed E-state index contributed by atoms with van der Waals surface area (Å²) in [5, 5.41) is 7.29. The predicted molar refractivity (Wildman–Crippen MR) is 124 cm³/mol. The molecule has 3 aromatic heterocycles. The molecule has 1 aliphatic rings. The molecule has 0 bridgehead atoms. The maximum atomic E-state index is 14.8. The number of rotatable bonds is 3. The van der Waals surface area contributed by atoms with Crippen LogP contribution in [0.1, 0.15) is 39.4 Å². The van der Waals surface area contributed by atoms with Crippen molar-refractivity contribution >= 4 is 34.2 Å². The Labute approximate surface area is 193 Å². The van der Waals surface area contributed by atoms with Crippen molar-refractivity contribution in [2.45, 2.75) is 33.1 Å². The van der Waals surface area contributed by atoms with Gasteiger partial charge in [-0.05, 0) is 74.6 Å². The number of benzene rings is 1. The molecule has 0 spiro atoms. The van der Waals surface area contributed by atoms with Gasteiger partial charge in [-0.15, -0.1) is 0 Å². The summed E-state index contributed by atoms with van der Waals surface area (Å²) >= 11 is 5.91. The highest BCUT2D eigenvalue weighted by molar-refractivity contribution is 6.30. The van der Waals surface area contributed by atoms with E-state index in [1.54, 1.807) is 25.3 Å². The third-order valence-electron chi connectivity index (χ3n) is 5.89. The van der Waals surface area contributed by atoms with Crippen LogP contribution >= 0.6 is 11.6 Å². The molecule has 5 rings (SSSR count). The molecule has 0 radical (unpaired) electrons. The maximum Gasteiger partial charge on any atom is 0.280 e. The van der Waals surface area contributed by atoms with E-state index < -0.39 is 17.2 Å². The predicted octanol–water partition coefficient (Wildman–Crippen LogP) is 4.33. The highest BCUT2D eigenvalue weighted by Crippen LogP contribution is 2.27. The van der Waals surface area contributed by atoms with E-state index in [0.29, 0.717) is 16.9 Å². The number of amides is 1. The third-order valence-corrected chi connectivity index (χ3v) is 6.13. The number of aryl methyl sites for hydroxylation is 3. The van der Waals surface area contributed by atoms with Gasteiger partial charge >= 0.3 is 0 Å². The molecule has 166 valence electrons. The quantitative estimate of drug-likeness (QED) is 0.488. The Morgan fingerprint density at radius 2 is 2.00 bits per heavy atom. The second kappa shape index (κ2) is 8.04. The standard InChI is InChI=1S/C24H19ClFN5O2/c1-12-10-20-21(28-13(12)2)23(32)22(30-31(20)19-7-6-14(25)11-16(19)26)24(33)29-18-8-9-27-17-5-3-4-15(17)18/h6-11H,3-5H2,1-2H3,(H,27,29,33). The molecule has 33 heavy (non-hydrogen) atoms. The van der Waals surface area contributed by atoms with Crippen molar-refractivity contribution in [2.24, 2.45) is 0 Å². The van der Waals surface area contributed by atoms with Crippen LogP contribution in [-0.4, -0.2) is 25.7 Å². The van der Waals surface area contributed by atoms with Gasteiger partial charge in [0.25, 0.3) is 5.91 Å². The summed E-state index contributed by atoms with van der Waals surface area (Å²) < 4.78 is 16.1. The zero-order valence-electron chi connectivity index (χ0n) is 17.9. The van der Waals surface area contributed by atoms with Gasteiger partial charge in [0.15, 0.2) is 5.69 Å². The van der Waals surface area contributed by atoms with Gasteiger partial charge in [0, 0.05) is 28.3 Å². The molecule has 9 heteroatoms. The van der Waals surface area contributed by atoms with E-state index in [2.05, 4.69) is 20.4 Å². The van der Waals surface area contributed by atoms with Crippen molar-refractivity contribution in [1.29, 1.82) is 0 Å². The molecule has 0 fully saturated rings. The summed E-state index contributed by atoms with van der Waals surface area (Å²) in [5.74, 6) is -1.33. The summed E-state index contributed by atoms with van der Waals surface area (Å²) in [4.78, 5) is 35.2. The molecule has 3 heterocycles. The van der Waals surface area contributed by atoms with Gasteiger partial charge in [0.2, 0.25) is 5.43 Å². The van der Waals surface area contributed by atoms with Crippen molar-refractivity contribution in [3.05, 3.63) is 85.8 Å². The van der Waals surface area contributed by atoms with E-state index in [1.165, 1.54) is 16.8 Å². The number of nitrogens with zero attached hydrogens (tertiary/aromatic N) is 4. The molecule has 1 N–H and O–H groups in total. The molecule has 7 nitrogen and oxygen atoms in total. The summed E-state index contributed by atoms with van der Waals surface area (Å²) in [6.07, 6.45) is 4.22. The smallest absolute Gasteiger partial charge is 0.280 e. The van der Waals surface area contributed by atoms with Gasteiger partial charge < -0.3 is 5.32 Å². The Kier molecular flexibility index (Phi) is 5.17. The molecule has 1 amide bonds. The van der Waals surface area contributed by atoms with Gasteiger partial charge in [0.05, 0.1) is 5.52 Å². The van der Waals surface area contributed by atoms with Crippen molar-refractivity contribution in [1.82, 2.24) is 19.7 Å². The summed E-state index contributed by atoms with van der Waals surface area (Å²) in [7, 11) is 0. The van der Waals surface area contributed by atoms with Crippen molar-refractivity contribution in [3.63, 3.8) is 0 Å². The van der Waals surface area contributed by atoms with Crippen LogP contribution in [-0.2, 0) is 12.8 Å². The molecule has 1 aromatic carbocycles. The van der Waals surface area contributed by atoms with Crippen molar-refractivity contribution in [2.75, 3.05) is 5.32 Å². The molecular formula is C24H19ClFN5O2. The fraction of sp³-hybridized carbons (Fsp3) is 0.208. The maximum absolute atomic E-state index is 14.8. The Hall–Kier alpha value is -3.65. The number of anilines is 1. The van der Waals surface area contributed by atoms with Crippen LogP contribution in [0.3, 0.4) is 0 Å². The van der Waals surface area contributed by atoms with Gasteiger partial charge in [-0.25, -0.2) is 14.1 Å². The Balaban J connectivity index is 1.70. The van der Waals surface area contributed by atoms with E-state index in [1.807, 2.05) is 6.92 Å². The van der Waals surface area contributed by atoms with Crippen LogP contribution in [0.15, 0.2) is 41.3 Å². The molecule has 0 saturated carbocycles. The number of carbonyl (C=O) groups is 1. The van der Waals surface area contributed by atoms with Crippen LogP contribution in [0, 0.1) is 19.7 Å². The lowest BCUT2D eigenvalue weighted by Gasteiger charge is -2.14. The van der Waals surface area contributed by atoms with Crippen LogP contribution in [0.4, 0.5) is 10.1 Å². The third kappa shape index (κ3) is 3.66. The number of hydrogen-bond donors (Lipinski definition) is 1. The normalized spacial score (nSPS) is 12.7. The van der Waals surface area contributed by atoms with Crippen molar-refractivity contribution < 1.29 is 9.18 Å². The number of halogens is 2.